The van der Waals surface area contributed by atoms with Crippen LogP contribution in [-0.4, -0.2) is 10.9 Å². The molecule has 1 aromatic carbocycles. The number of Topliss-reactive ketones (excluding diaryl/α,β-unsaturated/α-hetero) is 1. The van der Waals surface area contributed by atoms with E-state index in [1.165, 1.54) is 5.56 Å². The number of fused-ring (bicyclic) bond motifs is 3. The summed E-state index contributed by atoms with van der Waals surface area (Å²) in [4.78, 5) is 12.1. The first-order valence-electron chi connectivity index (χ1n) is 6.98. The van der Waals surface area contributed by atoms with Gasteiger partial charge < -0.3 is 5.11 Å². The highest BCUT2D eigenvalue weighted by molar-refractivity contribution is 5.92. The molecule has 2 aliphatic rings. The summed E-state index contributed by atoms with van der Waals surface area (Å²) >= 11 is 0. The SMILES string of the molecule is CC1C=Cc2c(ccc3c2CCC(=O)C3(C)C)C1O. The summed E-state index contributed by atoms with van der Waals surface area (Å²) in [7, 11) is 0. The molecule has 0 spiro atoms. The van der Waals surface area contributed by atoms with Crippen molar-refractivity contribution in [2.75, 3.05) is 0 Å². The molecule has 3 rings (SSSR count). The van der Waals surface area contributed by atoms with E-state index in [0.29, 0.717) is 12.2 Å². The molecule has 0 saturated carbocycles. The lowest BCUT2D eigenvalue weighted by atomic mass is 9.69. The van der Waals surface area contributed by atoms with Crippen LogP contribution in [0.2, 0.25) is 0 Å². The lowest BCUT2D eigenvalue weighted by Gasteiger charge is -2.34. The Hall–Kier alpha value is -1.41. The van der Waals surface area contributed by atoms with Crippen LogP contribution < -0.4 is 0 Å². The Morgan fingerprint density at radius 3 is 2.74 bits per heavy atom. The number of rotatable bonds is 0. The maximum absolute atomic E-state index is 12.1. The standard InChI is InChI=1S/C17H20O2/c1-10-4-5-11-12-7-9-15(18)17(2,3)14(12)8-6-13(11)16(10)19/h4-6,8,10,16,19H,7,9H2,1-3H3. The zero-order chi connectivity index (χ0) is 13.8. The molecular weight excluding hydrogens is 236 g/mol. The summed E-state index contributed by atoms with van der Waals surface area (Å²) in [6.07, 6.45) is 5.17. The van der Waals surface area contributed by atoms with Crippen molar-refractivity contribution in [3.8, 4) is 0 Å². The molecule has 0 fully saturated rings. The Bertz CT molecular complexity index is 581. The maximum atomic E-state index is 12.1. The third kappa shape index (κ3) is 1.70. The normalized spacial score (nSPS) is 27.9. The fourth-order valence-corrected chi connectivity index (χ4v) is 3.33. The van der Waals surface area contributed by atoms with Crippen molar-refractivity contribution in [2.45, 2.75) is 45.1 Å². The Kier molecular flexibility index (Phi) is 2.68. The third-order valence-electron chi connectivity index (χ3n) is 4.75. The lowest BCUT2D eigenvalue weighted by Crippen LogP contribution is -2.35. The Labute approximate surface area is 114 Å². The predicted octanol–water partition coefficient (Wildman–Crippen LogP) is 3.18. The molecule has 0 saturated heterocycles. The minimum Gasteiger partial charge on any atom is -0.388 e. The molecular formula is C17H20O2. The maximum Gasteiger partial charge on any atom is 0.143 e. The van der Waals surface area contributed by atoms with E-state index >= 15 is 0 Å². The molecule has 2 heteroatoms. The molecule has 0 aliphatic heterocycles. The highest BCUT2D eigenvalue weighted by Gasteiger charge is 2.37. The van der Waals surface area contributed by atoms with Crippen molar-refractivity contribution >= 4 is 11.9 Å². The van der Waals surface area contributed by atoms with E-state index in [9.17, 15) is 9.90 Å². The third-order valence-corrected chi connectivity index (χ3v) is 4.75. The minimum atomic E-state index is -0.425. The van der Waals surface area contributed by atoms with Crippen molar-refractivity contribution in [2.24, 2.45) is 5.92 Å². The highest BCUT2D eigenvalue weighted by Crippen LogP contribution is 2.41. The average molecular weight is 256 g/mol. The van der Waals surface area contributed by atoms with E-state index in [-0.39, 0.29) is 5.92 Å². The van der Waals surface area contributed by atoms with Crippen LogP contribution in [-0.2, 0) is 16.6 Å². The first-order chi connectivity index (χ1) is 8.93. The van der Waals surface area contributed by atoms with E-state index in [1.807, 2.05) is 32.9 Å². The van der Waals surface area contributed by atoms with Crippen LogP contribution in [0.25, 0.3) is 6.08 Å². The van der Waals surface area contributed by atoms with Crippen molar-refractivity contribution in [1.82, 2.24) is 0 Å². The van der Waals surface area contributed by atoms with Crippen LogP contribution >= 0.6 is 0 Å². The van der Waals surface area contributed by atoms with Crippen LogP contribution in [0.4, 0.5) is 0 Å². The summed E-state index contributed by atoms with van der Waals surface area (Å²) in [5, 5.41) is 10.3. The molecule has 0 radical (unpaired) electrons. The molecule has 100 valence electrons. The first-order valence-corrected chi connectivity index (χ1v) is 6.98. The Morgan fingerprint density at radius 1 is 1.26 bits per heavy atom. The average Bonchev–Trinajstić information content (AvgIpc) is 2.38. The van der Waals surface area contributed by atoms with Gasteiger partial charge in [0.1, 0.15) is 5.78 Å². The molecule has 2 aliphatic carbocycles. The summed E-state index contributed by atoms with van der Waals surface area (Å²) in [5.74, 6) is 0.470. The summed E-state index contributed by atoms with van der Waals surface area (Å²) in [6.45, 7) is 6.04. The van der Waals surface area contributed by atoms with Crippen molar-refractivity contribution in [3.05, 3.63) is 40.5 Å². The second kappa shape index (κ2) is 4.04. The van der Waals surface area contributed by atoms with Gasteiger partial charge in [0.2, 0.25) is 0 Å². The molecule has 0 amide bonds. The van der Waals surface area contributed by atoms with Gasteiger partial charge in [-0.2, -0.15) is 0 Å². The number of hydrogen-bond acceptors (Lipinski definition) is 2. The van der Waals surface area contributed by atoms with Gasteiger partial charge in [-0.1, -0.05) is 31.2 Å². The van der Waals surface area contributed by atoms with Crippen LogP contribution in [0.15, 0.2) is 18.2 Å². The van der Waals surface area contributed by atoms with Crippen LogP contribution in [0.3, 0.4) is 0 Å². The molecule has 19 heavy (non-hydrogen) atoms. The second-order valence-electron chi connectivity index (χ2n) is 6.31. The van der Waals surface area contributed by atoms with Crippen molar-refractivity contribution in [3.63, 3.8) is 0 Å². The van der Waals surface area contributed by atoms with E-state index < -0.39 is 11.5 Å². The van der Waals surface area contributed by atoms with Gasteiger partial charge in [0.15, 0.2) is 0 Å². The van der Waals surface area contributed by atoms with E-state index in [0.717, 1.165) is 23.1 Å². The van der Waals surface area contributed by atoms with Gasteiger partial charge in [-0.25, -0.2) is 0 Å². The van der Waals surface area contributed by atoms with Gasteiger partial charge in [0.25, 0.3) is 0 Å². The fraction of sp³-hybridized carbons (Fsp3) is 0.471. The van der Waals surface area contributed by atoms with Crippen LogP contribution in [0.5, 0.6) is 0 Å². The summed E-state index contributed by atoms with van der Waals surface area (Å²) in [6, 6.07) is 4.04. The zero-order valence-electron chi connectivity index (χ0n) is 11.7. The quantitative estimate of drug-likeness (QED) is 0.774. The van der Waals surface area contributed by atoms with Gasteiger partial charge in [0.05, 0.1) is 6.10 Å². The van der Waals surface area contributed by atoms with E-state index in [2.05, 4.69) is 12.2 Å². The molecule has 0 heterocycles. The molecule has 2 atom stereocenters. The van der Waals surface area contributed by atoms with Crippen LogP contribution in [0, 0.1) is 5.92 Å². The minimum absolute atomic E-state index is 0.156. The van der Waals surface area contributed by atoms with E-state index in [4.69, 9.17) is 0 Å². The predicted molar refractivity (Wildman–Crippen MR) is 76.0 cm³/mol. The Morgan fingerprint density at radius 2 is 2.00 bits per heavy atom. The smallest absolute Gasteiger partial charge is 0.143 e. The van der Waals surface area contributed by atoms with Crippen molar-refractivity contribution in [1.29, 1.82) is 0 Å². The lowest BCUT2D eigenvalue weighted by molar-refractivity contribution is -0.124. The number of aliphatic hydroxyl groups excluding tert-OH is 1. The number of ketones is 1. The number of hydrogen-bond donors (Lipinski definition) is 1. The number of benzene rings is 1. The van der Waals surface area contributed by atoms with Gasteiger partial charge in [0, 0.05) is 17.8 Å². The molecule has 0 aromatic heterocycles. The highest BCUT2D eigenvalue weighted by atomic mass is 16.3. The van der Waals surface area contributed by atoms with Gasteiger partial charge in [-0.15, -0.1) is 0 Å². The second-order valence-corrected chi connectivity index (χ2v) is 6.31. The zero-order valence-corrected chi connectivity index (χ0v) is 11.7. The van der Waals surface area contributed by atoms with Crippen molar-refractivity contribution < 1.29 is 9.90 Å². The summed E-state index contributed by atoms with van der Waals surface area (Å²) in [5.41, 5.74) is 4.14. The number of carbonyl (C=O) groups is 1. The molecule has 2 unspecified atom stereocenters. The topological polar surface area (TPSA) is 37.3 Å². The Balaban J connectivity index is 2.22. The van der Waals surface area contributed by atoms with Gasteiger partial charge >= 0.3 is 0 Å². The molecule has 1 aromatic rings. The summed E-state index contributed by atoms with van der Waals surface area (Å²) < 4.78 is 0. The fourth-order valence-electron chi connectivity index (χ4n) is 3.33. The molecule has 1 N–H and O–H groups in total. The molecule has 0 bridgehead atoms. The number of carbonyl (C=O) groups excluding carboxylic acids is 1. The molecule has 2 nitrogen and oxygen atoms in total. The first kappa shape index (κ1) is 12.6. The van der Waals surface area contributed by atoms with Gasteiger partial charge in [-0.3, -0.25) is 4.79 Å². The van der Waals surface area contributed by atoms with Crippen LogP contribution in [0.1, 0.15) is 55.5 Å². The number of aliphatic hydroxyl groups is 1. The van der Waals surface area contributed by atoms with Gasteiger partial charge in [-0.05, 0) is 42.5 Å². The monoisotopic (exact) mass is 256 g/mol. The van der Waals surface area contributed by atoms with E-state index in [1.54, 1.807) is 0 Å². The largest absolute Gasteiger partial charge is 0.388 e.